The van der Waals surface area contributed by atoms with Crippen LogP contribution in [0.2, 0.25) is 5.02 Å². The normalized spacial score (nSPS) is 23.1. The summed E-state index contributed by atoms with van der Waals surface area (Å²) in [5.74, 6) is -5.53. The van der Waals surface area contributed by atoms with Gasteiger partial charge in [-0.3, -0.25) is 4.79 Å². The second-order valence-corrected chi connectivity index (χ2v) is 10.2. The number of carbonyl (C=O) groups is 1. The van der Waals surface area contributed by atoms with Gasteiger partial charge in [0.2, 0.25) is 0 Å². The van der Waals surface area contributed by atoms with Crippen molar-refractivity contribution >= 4 is 33.0 Å². The van der Waals surface area contributed by atoms with E-state index in [2.05, 4.69) is 11.9 Å². The Bertz CT molecular complexity index is 1160. The minimum atomic E-state index is -3.83. The molecule has 2 fully saturated rings. The van der Waals surface area contributed by atoms with Crippen LogP contribution in [0.15, 0.2) is 47.4 Å². The molecule has 158 valence electrons. The van der Waals surface area contributed by atoms with Crippen LogP contribution in [0, 0.1) is 29.3 Å². The Balaban J connectivity index is 1.65. The first kappa shape index (κ1) is 20.9. The zero-order chi connectivity index (χ0) is 21.8. The number of halogens is 4. The summed E-state index contributed by atoms with van der Waals surface area (Å²) in [6.45, 7) is 3.98. The highest BCUT2D eigenvalue weighted by Gasteiger charge is 2.51. The number of allylic oxidation sites excluding steroid dienone is 1. The van der Waals surface area contributed by atoms with Crippen molar-refractivity contribution in [2.24, 2.45) is 11.8 Å². The van der Waals surface area contributed by atoms with Gasteiger partial charge in [-0.1, -0.05) is 23.8 Å². The Morgan fingerprint density at radius 3 is 2.33 bits per heavy atom. The second kappa shape index (κ2) is 7.42. The molecule has 2 aromatic rings. The Labute approximate surface area is 176 Å². The van der Waals surface area contributed by atoms with Crippen molar-refractivity contribution in [3.63, 3.8) is 0 Å². The van der Waals surface area contributed by atoms with Gasteiger partial charge in [0.15, 0.2) is 27.3 Å². The Hall–Kier alpha value is -2.32. The van der Waals surface area contributed by atoms with Crippen molar-refractivity contribution in [3.05, 3.63) is 70.5 Å². The molecule has 0 aromatic heterocycles. The lowest BCUT2D eigenvalue weighted by atomic mass is 9.96. The van der Waals surface area contributed by atoms with E-state index in [-0.39, 0.29) is 33.0 Å². The van der Waals surface area contributed by atoms with E-state index in [9.17, 15) is 26.4 Å². The number of amides is 1. The maximum atomic E-state index is 13.4. The number of benzene rings is 2. The number of rotatable bonds is 4. The zero-order valence-electron chi connectivity index (χ0n) is 15.6. The molecule has 1 N–H and O–H groups in total. The fourth-order valence-electron chi connectivity index (χ4n) is 4.50. The van der Waals surface area contributed by atoms with E-state index in [1.54, 1.807) is 0 Å². The van der Waals surface area contributed by atoms with Gasteiger partial charge in [-0.2, -0.15) is 0 Å². The number of carbonyl (C=O) groups excluding carboxylic acids is 1. The summed E-state index contributed by atoms with van der Waals surface area (Å²) in [7, 11) is -3.83. The molecule has 0 saturated heterocycles. The van der Waals surface area contributed by atoms with E-state index < -0.39 is 38.4 Å². The Kier molecular flexibility index (Phi) is 5.18. The third-order valence-corrected chi connectivity index (χ3v) is 8.68. The van der Waals surface area contributed by atoms with Crippen LogP contribution in [0.25, 0.3) is 0 Å². The molecule has 0 heterocycles. The standard InChI is InChI=1S/C21H17ClF3NO3S/c1-10-6-11-2-4-14(10)20(11)30(28,29)18-7-12(3-5-15(18)22)21(27)26-13-8-16(23)19(25)17(24)9-13/h3,5,7-9,11,14,20H,1-2,4,6H2,(H,26,27)/t11?,14?,20-/m1/s1. The van der Waals surface area contributed by atoms with Gasteiger partial charge >= 0.3 is 0 Å². The molecule has 4 nitrogen and oxygen atoms in total. The van der Waals surface area contributed by atoms with Crippen molar-refractivity contribution in [1.29, 1.82) is 0 Å². The SMILES string of the molecule is C=C1CC2CCC1[C@@H]2S(=O)(=O)c1cc(C(=O)Nc2cc(F)c(F)c(F)c2)ccc1Cl. The van der Waals surface area contributed by atoms with Gasteiger partial charge in [-0.15, -0.1) is 0 Å². The first-order chi connectivity index (χ1) is 14.1. The fraction of sp³-hybridized carbons (Fsp3) is 0.286. The summed E-state index contributed by atoms with van der Waals surface area (Å²) in [5.41, 5.74) is 0.554. The van der Waals surface area contributed by atoms with Crippen LogP contribution in [-0.2, 0) is 9.84 Å². The monoisotopic (exact) mass is 455 g/mol. The lowest BCUT2D eigenvalue weighted by molar-refractivity contribution is 0.102. The third-order valence-electron chi connectivity index (χ3n) is 5.86. The van der Waals surface area contributed by atoms with Gasteiger partial charge in [-0.05, 0) is 49.3 Å². The number of sulfone groups is 1. The molecule has 9 heteroatoms. The molecule has 0 radical (unpaired) electrons. The molecule has 2 aliphatic rings. The van der Waals surface area contributed by atoms with E-state index in [4.69, 9.17) is 11.6 Å². The number of hydrogen-bond acceptors (Lipinski definition) is 3. The highest BCUT2D eigenvalue weighted by Crippen LogP contribution is 2.52. The maximum Gasteiger partial charge on any atom is 0.255 e. The molecule has 2 bridgehead atoms. The van der Waals surface area contributed by atoms with Gasteiger partial charge in [-0.25, -0.2) is 21.6 Å². The van der Waals surface area contributed by atoms with Crippen LogP contribution in [0.1, 0.15) is 29.6 Å². The summed E-state index contributed by atoms with van der Waals surface area (Å²) >= 11 is 6.16. The predicted octanol–water partition coefficient (Wildman–Crippen LogP) is 5.14. The minimum absolute atomic E-state index is 0.0117. The van der Waals surface area contributed by atoms with E-state index in [1.165, 1.54) is 12.1 Å². The maximum absolute atomic E-state index is 13.4. The van der Waals surface area contributed by atoms with Crippen LogP contribution >= 0.6 is 11.6 Å². The Morgan fingerprint density at radius 2 is 1.77 bits per heavy atom. The molecule has 3 atom stereocenters. The average molecular weight is 456 g/mol. The molecular weight excluding hydrogens is 439 g/mol. The van der Waals surface area contributed by atoms with Crippen LogP contribution in [0.4, 0.5) is 18.9 Å². The van der Waals surface area contributed by atoms with Gasteiger partial charge in [0.05, 0.1) is 15.2 Å². The second-order valence-electron chi connectivity index (χ2n) is 7.67. The third kappa shape index (κ3) is 3.41. The van der Waals surface area contributed by atoms with Crippen molar-refractivity contribution in [1.82, 2.24) is 0 Å². The van der Waals surface area contributed by atoms with Crippen LogP contribution < -0.4 is 5.32 Å². The fourth-order valence-corrected chi connectivity index (χ4v) is 7.37. The highest BCUT2D eigenvalue weighted by molar-refractivity contribution is 7.92. The highest BCUT2D eigenvalue weighted by atomic mass is 35.5. The molecule has 0 spiro atoms. The predicted molar refractivity (Wildman–Crippen MR) is 107 cm³/mol. The Morgan fingerprint density at radius 1 is 1.10 bits per heavy atom. The average Bonchev–Trinajstić information content (AvgIpc) is 3.24. The molecule has 2 aliphatic carbocycles. The van der Waals surface area contributed by atoms with Gasteiger partial charge in [0, 0.05) is 23.4 Å². The largest absolute Gasteiger partial charge is 0.322 e. The minimum Gasteiger partial charge on any atom is -0.322 e. The van der Waals surface area contributed by atoms with Gasteiger partial charge in [0.25, 0.3) is 5.91 Å². The zero-order valence-corrected chi connectivity index (χ0v) is 17.2. The summed E-state index contributed by atoms with van der Waals surface area (Å²) < 4.78 is 66.5. The van der Waals surface area contributed by atoms with Crippen LogP contribution in [0.3, 0.4) is 0 Å². The number of anilines is 1. The molecule has 2 unspecified atom stereocenters. The molecule has 2 aromatic carbocycles. The molecular formula is C21H17ClF3NO3S. The van der Waals surface area contributed by atoms with Crippen molar-refractivity contribution in [2.45, 2.75) is 29.4 Å². The molecule has 30 heavy (non-hydrogen) atoms. The first-order valence-corrected chi connectivity index (χ1v) is 11.2. The topological polar surface area (TPSA) is 63.2 Å². The van der Waals surface area contributed by atoms with E-state index in [0.29, 0.717) is 18.6 Å². The number of hydrogen-bond donors (Lipinski definition) is 1. The number of fused-ring (bicyclic) bond motifs is 2. The molecule has 0 aliphatic heterocycles. The van der Waals surface area contributed by atoms with E-state index in [1.807, 2.05) is 0 Å². The summed E-state index contributed by atoms with van der Waals surface area (Å²) in [6, 6.07) is 5.01. The molecule has 1 amide bonds. The smallest absolute Gasteiger partial charge is 0.255 e. The van der Waals surface area contributed by atoms with Crippen molar-refractivity contribution in [3.8, 4) is 0 Å². The summed E-state index contributed by atoms with van der Waals surface area (Å²) in [6.07, 6.45) is 2.22. The number of nitrogens with one attached hydrogen (secondary N) is 1. The first-order valence-electron chi connectivity index (χ1n) is 9.26. The van der Waals surface area contributed by atoms with E-state index in [0.717, 1.165) is 24.5 Å². The molecule has 4 rings (SSSR count). The van der Waals surface area contributed by atoms with Crippen LogP contribution in [-0.4, -0.2) is 19.6 Å². The van der Waals surface area contributed by atoms with Crippen molar-refractivity contribution < 1.29 is 26.4 Å². The summed E-state index contributed by atoms with van der Waals surface area (Å²) in [5, 5.41) is 1.60. The van der Waals surface area contributed by atoms with Gasteiger partial charge in [0.1, 0.15) is 0 Å². The lowest BCUT2D eigenvalue weighted by Gasteiger charge is -2.18. The van der Waals surface area contributed by atoms with Crippen molar-refractivity contribution in [2.75, 3.05) is 5.32 Å². The lowest BCUT2D eigenvalue weighted by Crippen LogP contribution is -2.27. The quantitative estimate of drug-likeness (QED) is 0.513. The summed E-state index contributed by atoms with van der Waals surface area (Å²) in [4.78, 5) is 12.4. The van der Waals surface area contributed by atoms with Crippen LogP contribution in [0.5, 0.6) is 0 Å². The van der Waals surface area contributed by atoms with Gasteiger partial charge < -0.3 is 5.32 Å². The van der Waals surface area contributed by atoms with E-state index >= 15 is 0 Å². The molecule has 2 saturated carbocycles.